The summed E-state index contributed by atoms with van der Waals surface area (Å²) in [5.74, 6) is 0.0396. The summed E-state index contributed by atoms with van der Waals surface area (Å²) in [5.41, 5.74) is 3.65. The highest BCUT2D eigenvalue weighted by atomic mass is 19.1. The van der Waals surface area contributed by atoms with Crippen LogP contribution in [0.2, 0.25) is 0 Å². The Balaban J connectivity index is 1.34. The fourth-order valence-corrected chi connectivity index (χ4v) is 5.74. The number of carbonyl (C=O) groups is 2. The number of anilines is 1. The highest BCUT2D eigenvalue weighted by molar-refractivity contribution is 5.97. The molecule has 3 aliphatic heterocycles. The number of likely N-dealkylation sites (tertiary alicyclic amines) is 1. The van der Waals surface area contributed by atoms with Crippen LogP contribution in [0.1, 0.15) is 50.4 Å². The average Bonchev–Trinajstić information content (AvgIpc) is 3.36. The van der Waals surface area contributed by atoms with Crippen LogP contribution in [0.3, 0.4) is 0 Å². The van der Waals surface area contributed by atoms with Gasteiger partial charge in [0, 0.05) is 80.5 Å². The number of amides is 2. The third-order valence-corrected chi connectivity index (χ3v) is 7.78. The summed E-state index contributed by atoms with van der Waals surface area (Å²) in [6.07, 6.45) is 4.03. The SMILES string of the molecule is C[C@@H]1CN(CC(=O)N2CC(C)(C)c3cnc(Cc4ccc(F)cc4)cc32)[C@@H](CN2CCCC2=O)CN1. The average molecular weight is 494 g/mol. The molecule has 2 amide bonds. The summed E-state index contributed by atoms with van der Waals surface area (Å²) in [6.45, 7) is 10.4. The van der Waals surface area contributed by atoms with Crippen molar-refractivity contribution in [2.24, 2.45) is 0 Å². The summed E-state index contributed by atoms with van der Waals surface area (Å²) in [5, 5.41) is 3.52. The fraction of sp³-hybridized carbons (Fsp3) is 0.536. The summed E-state index contributed by atoms with van der Waals surface area (Å²) in [6, 6.07) is 8.89. The van der Waals surface area contributed by atoms with Gasteiger partial charge >= 0.3 is 0 Å². The van der Waals surface area contributed by atoms with E-state index in [2.05, 4.69) is 36.0 Å². The fourth-order valence-electron chi connectivity index (χ4n) is 5.74. The molecule has 2 saturated heterocycles. The van der Waals surface area contributed by atoms with Crippen LogP contribution < -0.4 is 10.2 Å². The van der Waals surface area contributed by atoms with E-state index in [1.807, 2.05) is 22.1 Å². The lowest BCUT2D eigenvalue weighted by Gasteiger charge is -2.41. The van der Waals surface area contributed by atoms with E-state index in [9.17, 15) is 14.0 Å². The highest BCUT2D eigenvalue weighted by Crippen LogP contribution is 2.40. The minimum absolute atomic E-state index is 0.0765. The van der Waals surface area contributed by atoms with Crippen molar-refractivity contribution in [2.75, 3.05) is 44.2 Å². The number of benzene rings is 1. The van der Waals surface area contributed by atoms with Gasteiger partial charge in [0.25, 0.3) is 0 Å². The largest absolute Gasteiger partial charge is 0.341 e. The zero-order valence-electron chi connectivity index (χ0n) is 21.5. The maximum Gasteiger partial charge on any atom is 0.241 e. The van der Waals surface area contributed by atoms with Gasteiger partial charge in [0.05, 0.1) is 12.2 Å². The Hall–Kier alpha value is -2.84. The molecule has 0 bridgehead atoms. The van der Waals surface area contributed by atoms with Gasteiger partial charge in [0.2, 0.25) is 11.8 Å². The van der Waals surface area contributed by atoms with Crippen LogP contribution in [0.5, 0.6) is 0 Å². The minimum atomic E-state index is -0.256. The molecule has 36 heavy (non-hydrogen) atoms. The van der Waals surface area contributed by atoms with Crippen LogP contribution >= 0.6 is 0 Å². The minimum Gasteiger partial charge on any atom is -0.341 e. The van der Waals surface area contributed by atoms with E-state index in [1.165, 1.54) is 12.1 Å². The van der Waals surface area contributed by atoms with Crippen LogP contribution in [0.4, 0.5) is 10.1 Å². The first-order valence-corrected chi connectivity index (χ1v) is 13.0. The summed E-state index contributed by atoms with van der Waals surface area (Å²) in [4.78, 5) is 36.8. The monoisotopic (exact) mass is 493 g/mol. The number of rotatable bonds is 6. The lowest BCUT2D eigenvalue weighted by atomic mass is 9.88. The van der Waals surface area contributed by atoms with Crippen molar-refractivity contribution in [2.45, 2.75) is 57.5 Å². The molecule has 192 valence electrons. The maximum atomic E-state index is 13.7. The molecule has 5 rings (SSSR count). The summed E-state index contributed by atoms with van der Waals surface area (Å²) < 4.78 is 13.3. The smallest absolute Gasteiger partial charge is 0.241 e. The molecule has 0 spiro atoms. The number of fused-ring (bicyclic) bond motifs is 1. The molecule has 0 saturated carbocycles. The molecule has 3 aliphatic rings. The first-order chi connectivity index (χ1) is 17.2. The van der Waals surface area contributed by atoms with Crippen LogP contribution in [0.15, 0.2) is 36.5 Å². The second-order valence-corrected chi connectivity index (χ2v) is 11.2. The molecule has 7 nitrogen and oxygen atoms in total. The van der Waals surface area contributed by atoms with Crippen molar-refractivity contribution in [1.82, 2.24) is 20.1 Å². The predicted molar refractivity (Wildman–Crippen MR) is 137 cm³/mol. The topological polar surface area (TPSA) is 68.8 Å². The van der Waals surface area contributed by atoms with Crippen molar-refractivity contribution in [3.8, 4) is 0 Å². The Morgan fingerprint density at radius 1 is 1.25 bits per heavy atom. The second-order valence-electron chi connectivity index (χ2n) is 11.2. The number of hydrogen-bond acceptors (Lipinski definition) is 5. The summed E-state index contributed by atoms with van der Waals surface area (Å²) >= 11 is 0. The molecule has 8 heteroatoms. The van der Waals surface area contributed by atoms with Gasteiger partial charge in [-0.2, -0.15) is 0 Å². The third-order valence-electron chi connectivity index (χ3n) is 7.78. The van der Waals surface area contributed by atoms with Gasteiger partial charge in [-0.1, -0.05) is 26.0 Å². The number of hydrogen-bond donors (Lipinski definition) is 1. The summed E-state index contributed by atoms with van der Waals surface area (Å²) in [7, 11) is 0. The van der Waals surface area contributed by atoms with Gasteiger partial charge < -0.3 is 15.1 Å². The molecule has 2 atom stereocenters. The van der Waals surface area contributed by atoms with E-state index in [4.69, 9.17) is 0 Å². The molecule has 0 unspecified atom stereocenters. The van der Waals surface area contributed by atoms with Crippen molar-refractivity contribution in [3.63, 3.8) is 0 Å². The van der Waals surface area contributed by atoms with E-state index in [1.54, 1.807) is 12.1 Å². The third kappa shape index (κ3) is 5.15. The number of pyridine rings is 1. The molecular formula is C28H36FN5O2. The predicted octanol–water partition coefficient (Wildman–Crippen LogP) is 2.72. The van der Waals surface area contributed by atoms with E-state index in [-0.39, 0.29) is 35.1 Å². The first kappa shape index (κ1) is 24.8. The first-order valence-electron chi connectivity index (χ1n) is 13.0. The van der Waals surface area contributed by atoms with E-state index in [0.717, 1.165) is 48.6 Å². The van der Waals surface area contributed by atoms with Gasteiger partial charge in [0.15, 0.2) is 0 Å². The van der Waals surface area contributed by atoms with Crippen molar-refractivity contribution >= 4 is 17.5 Å². The number of nitrogens with one attached hydrogen (secondary N) is 1. The normalized spacial score (nSPS) is 23.8. The molecular weight excluding hydrogens is 457 g/mol. The van der Waals surface area contributed by atoms with E-state index >= 15 is 0 Å². The molecule has 1 aromatic carbocycles. The molecule has 1 N–H and O–H groups in total. The molecule has 4 heterocycles. The molecule has 0 radical (unpaired) electrons. The highest BCUT2D eigenvalue weighted by Gasteiger charge is 2.40. The van der Waals surface area contributed by atoms with Crippen LogP contribution in [0, 0.1) is 5.82 Å². The van der Waals surface area contributed by atoms with Crippen LogP contribution in [-0.4, -0.2) is 78.0 Å². The van der Waals surface area contributed by atoms with Crippen molar-refractivity contribution in [1.29, 1.82) is 0 Å². The van der Waals surface area contributed by atoms with Crippen molar-refractivity contribution < 1.29 is 14.0 Å². The lowest BCUT2D eigenvalue weighted by molar-refractivity contribution is -0.128. The van der Waals surface area contributed by atoms with Gasteiger partial charge in [-0.3, -0.25) is 19.5 Å². The Kier molecular flexibility index (Phi) is 6.83. The number of aromatic nitrogens is 1. The molecule has 0 aliphatic carbocycles. The Bertz CT molecular complexity index is 1140. The Labute approximate surface area is 212 Å². The number of carbonyl (C=O) groups excluding carboxylic acids is 2. The maximum absolute atomic E-state index is 13.7. The van der Waals surface area contributed by atoms with Gasteiger partial charge in [0.1, 0.15) is 5.82 Å². The lowest BCUT2D eigenvalue weighted by Crippen LogP contribution is -2.60. The number of piperazine rings is 1. The second kappa shape index (κ2) is 9.90. The number of nitrogens with zero attached hydrogens (tertiary/aromatic N) is 4. The Morgan fingerprint density at radius 3 is 2.75 bits per heavy atom. The number of halogens is 1. The zero-order valence-corrected chi connectivity index (χ0v) is 21.5. The zero-order chi connectivity index (χ0) is 25.4. The Morgan fingerprint density at radius 2 is 2.03 bits per heavy atom. The molecule has 2 fully saturated rings. The van der Waals surface area contributed by atoms with Crippen molar-refractivity contribution in [3.05, 3.63) is 59.2 Å². The molecule has 2 aromatic rings. The standard InChI is InChI=1S/C28H36FN5O2/c1-19-15-33(23(13-30-19)16-32-10-4-5-26(32)35)17-27(36)34-18-28(2,3)24-14-31-22(12-25(24)34)11-20-6-8-21(29)9-7-20/h6-9,12,14,19,23,30H,4-5,10-11,13,15-18H2,1-3H3/t19-,23-/m1/s1. The van der Waals surface area contributed by atoms with Gasteiger partial charge in [-0.15, -0.1) is 0 Å². The van der Waals surface area contributed by atoms with Crippen LogP contribution in [0.25, 0.3) is 0 Å². The quantitative estimate of drug-likeness (QED) is 0.670. The van der Waals surface area contributed by atoms with E-state index < -0.39 is 0 Å². The van der Waals surface area contributed by atoms with E-state index in [0.29, 0.717) is 32.5 Å². The van der Waals surface area contributed by atoms with Gasteiger partial charge in [-0.05, 0) is 37.1 Å². The molecule has 1 aromatic heterocycles. The van der Waals surface area contributed by atoms with Crippen LogP contribution in [-0.2, 0) is 21.4 Å². The van der Waals surface area contributed by atoms with Gasteiger partial charge in [-0.25, -0.2) is 4.39 Å².